The summed E-state index contributed by atoms with van der Waals surface area (Å²) in [6.45, 7) is 5.26. The van der Waals surface area contributed by atoms with Crippen molar-refractivity contribution in [1.82, 2.24) is 4.72 Å². The number of anilines is 1. The molecule has 1 aliphatic heterocycles. The van der Waals surface area contributed by atoms with Gasteiger partial charge in [0.1, 0.15) is 0 Å². The molecule has 1 fully saturated rings. The smallest absolute Gasteiger partial charge is 0.337 e. The summed E-state index contributed by atoms with van der Waals surface area (Å²) in [6.07, 6.45) is 2.71. The van der Waals surface area contributed by atoms with E-state index in [4.69, 9.17) is 0 Å². The average Bonchev–Trinajstić information content (AvgIpc) is 3.00. The minimum atomic E-state index is -3.70. The lowest BCUT2D eigenvalue weighted by Gasteiger charge is -2.21. The van der Waals surface area contributed by atoms with E-state index in [2.05, 4.69) is 4.72 Å². The Labute approximate surface area is 131 Å². The molecule has 0 aliphatic carbocycles. The van der Waals surface area contributed by atoms with Crippen LogP contribution in [-0.2, 0) is 10.0 Å². The van der Waals surface area contributed by atoms with E-state index in [1.165, 1.54) is 12.1 Å². The molecule has 7 heteroatoms. The molecule has 2 N–H and O–H groups in total. The summed E-state index contributed by atoms with van der Waals surface area (Å²) in [4.78, 5) is 13.5. The predicted octanol–water partition coefficient (Wildman–Crippen LogP) is 2.06. The van der Waals surface area contributed by atoms with Crippen LogP contribution in [0.3, 0.4) is 0 Å². The van der Waals surface area contributed by atoms with Gasteiger partial charge in [0.15, 0.2) is 0 Å². The van der Waals surface area contributed by atoms with Gasteiger partial charge in [-0.15, -0.1) is 0 Å². The van der Waals surface area contributed by atoms with Crippen molar-refractivity contribution in [1.29, 1.82) is 0 Å². The van der Waals surface area contributed by atoms with Gasteiger partial charge in [0.05, 0.1) is 16.1 Å². The molecule has 122 valence electrons. The molecule has 1 aliphatic rings. The fourth-order valence-electron chi connectivity index (χ4n) is 2.50. The maximum Gasteiger partial charge on any atom is 0.337 e. The van der Waals surface area contributed by atoms with Gasteiger partial charge in [0.2, 0.25) is 10.0 Å². The van der Waals surface area contributed by atoms with E-state index in [1.807, 2.05) is 11.8 Å². The fourth-order valence-corrected chi connectivity index (χ4v) is 3.86. The monoisotopic (exact) mass is 326 g/mol. The molecule has 1 heterocycles. The van der Waals surface area contributed by atoms with Crippen molar-refractivity contribution < 1.29 is 18.3 Å². The van der Waals surface area contributed by atoms with Gasteiger partial charge in [-0.2, -0.15) is 0 Å². The zero-order valence-electron chi connectivity index (χ0n) is 12.9. The number of carboxylic acids is 1. The van der Waals surface area contributed by atoms with E-state index in [1.54, 1.807) is 13.0 Å². The highest BCUT2D eigenvalue weighted by atomic mass is 32.2. The Morgan fingerprint density at radius 1 is 1.36 bits per heavy atom. The molecule has 0 amide bonds. The molecular weight excluding hydrogens is 304 g/mol. The van der Waals surface area contributed by atoms with Gasteiger partial charge in [0, 0.05) is 19.1 Å². The Kier molecular flexibility index (Phi) is 5.08. The van der Waals surface area contributed by atoms with Crippen LogP contribution < -0.4 is 9.62 Å². The van der Waals surface area contributed by atoms with E-state index < -0.39 is 16.0 Å². The van der Waals surface area contributed by atoms with Crippen LogP contribution in [0.1, 0.15) is 43.5 Å². The van der Waals surface area contributed by atoms with Crippen LogP contribution in [0, 0.1) is 0 Å². The number of carbonyl (C=O) groups is 1. The summed E-state index contributed by atoms with van der Waals surface area (Å²) >= 11 is 0. The second-order valence-corrected chi connectivity index (χ2v) is 7.32. The van der Waals surface area contributed by atoms with E-state index >= 15 is 0 Å². The number of carboxylic acid groups (broad SMARTS) is 1. The van der Waals surface area contributed by atoms with Gasteiger partial charge in [-0.3, -0.25) is 0 Å². The molecule has 1 unspecified atom stereocenters. The number of nitrogens with zero attached hydrogens (tertiary/aromatic N) is 1. The van der Waals surface area contributed by atoms with Crippen molar-refractivity contribution in [3.05, 3.63) is 23.8 Å². The maximum absolute atomic E-state index is 12.3. The first kappa shape index (κ1) is 16.8. The number of aromatic carboxylic acids is 1. The number of benzene rings is 1. The Balaban J connectivity index is 2.39. The van der Waals surface area contributed by atoms with Gasteiger partial charge in [0.25, 0.3) is 0 Å². The Hall–Kier alpha value is -1.60. The highest BCUT2D eigenvalue weighted by Gasteiger charge is 2.23. The molecule has 1 aromatic rings. The van der Waals surface area contributed by atoms with Crippen LogP contribution in [0.25, 0.3) is 0 Å². The summed E-state index contributed by atoms with van der Waals surface area (Å²) in [5.41, 5.74) is 0.626. The van der Waals surface area contributed by atoms with E-state index in [0.29, 0.717) is 12.1 Å². The van der Waals surface area contributed by atoms with Crippen molar-refractivity contribution >= 4 is 21.7 Å². The van der Waals surface area contributed by atoms with E-state index in [-0.39, 0.29) is 16.5 Å². The second kappa shape index (κ2) is 6.66. The van der Waals surface area contributed by atoms with Gasteiger partial charge in [-0.05, 0) is 44.4 Å². The number of hydrogen-bond donors (Lipinski definition) is 2. The number of nitrogens with one attached hydrogen (secondary N) is 1. The van der Waals surface area contributed by atoms with Crippen molar-refractivity contribution in [2.45, 2.75) is 44.0 Å². The number of rotatable bonds is 6. The first-order chi connectivity index (χ1) is 10.3. The summed E-state index contributed by atoms with van der Waals surface area (Å²) in [5, 5.41) is 9.40. The normalized spacial score (nSPS) is 16.7. The molecule has 0 radical (unpaired) electrons. The van der Waals surface area contributed by atoms with Crippen LogP contribution in [0.4, 0.5) is 5.69 Å². The fraction of sp³-hybridized carbons (Fsp3) is 0.533. The molecule has 6 nitrogen and oxygen atoms in total. The SMILES string of the molecule is CCC(C)NS(=O)(=O)c1ccc(N2CCCC2)c(C(=O)O)c1. The van der Waals surface area contributed by atoms with Crippen molar-refractivity contribution in [3.8, 4) is 0 Å². The lowest BCUT2D eigenvalue weighted by molar-refractivity contribution is 0.0697. The van der Waals surface area contributed by atoms with Crippen LogP contribution in [0.2, 0.25) is 0 Å². The Bertz CT molecular complexity index is 652. The van der Waals surface area contributed by atoms with E-state index in [0.717, 1.165) is 25.9 Å². The van der Waals surface area contributed by atoms with Gasteiger partial charge in [-0.25, -0.2) is 17.9 Å². The molecule has 1 saturated heterocycles. The zero-order chi connectivity index (χ0) is 16.3. The molecule has 1 atom stereocenters. The standard InChI is InChI=1S/C15H22N2O4S/c1-3-11(2)16-22(20,21)12-6-7-14(13(10-12)15(18)19)17-8-4-5-9-17/h6-7,10-11,16H,3-5,8-9H2,1-2H3,(H,18,19). The van der Waals surface area contributed by atoms with Crippen molar-refractivity contribution in [3.63, 3.8) is 0 Å². The molecule has 1 aromatic carbocycles. The third-order valence-electron chi connectivity index (χ3n) is 3.92. The lowest BCUT2D eigenvalue weighted by atomic mass is 10.1. The minimum Gasteiger partial charge on any atom is -0.478 e. The first-order valence-corrected chi connectivity index (χ1v) is 8.98. The molecule has 0 aromatic heterocycles. The van der Waals surface area contributed by atoms with Crippen LogP contribution in [-0.4, -0.2) is 38.6 Å². The first-order valence-electron chi connectivity index (χ1n) is 7.49. The Morgan fingerprint density at radius 2 is 2.00 bits per heavy atom. The summed E-state index contributed by atoms with van der Waals surface area (Å²) in [5.74, 6) is -1.11. The highest BCUT2D eigenvalue weighted by molar-refractivity contribution is 7.89. The van der Waals surface area contributed by atoms with Gasteiger partial charge in [-0.1, -0.05) is 6.92 Å². The average molecular weight is 326 g/mol. The third-order valence-corrected chi connectivity index (χ3v) is 5.51. The molecule has 22 heavy (non-hydrogen) atoms. The predicted molar refractivity (Wildman–Crippen MR) is 84.9 cm³/mol. The number of hydrogen-bond acceptors (Lipinski definition) is 4. The topological polar surface area (TPSA) is 86.7 Å². The molecular formula is C15H22N2O4S. The molecule has 0 spiro atoms. The summed E-state index contributed by atoms with van der Waals surface area (Å²) in [7, 11) is -3.70. The quantitative estimate of drug-likeness (QED) is 0.835. The van der Waals surface area contributed by atoms with Gasteiger partial charge >= 0.3 is 5.97 Å². The van der Waals surface area contributed by atoms with Crippen molar-refractivity contribution in [2.75, 3.05) is 18.0 Å². The van der Waals surface area contributed by atoms with Crippen LogP contribution in [0.5, 0.6) is 0 Å². The lowest BCUT2D eigenvalue weighted by Crippen LogP contribution is -2.32. The zero-order valence-corrected chi connectivity index (χ0v) is 13.7. The van der Waals surface area contributed by atoms with Gasteiger partial charge < -0.3 is 10.0 Å². The highest BCUT2D eigenvalue weighted by Crippen LogP contribution is 2.27. The maximum atomic E-state index is 12.3. The van der Waals surface area contributed by atoms with E-state index in [9.17, 15) is 18.3 Å². The molecule has 2 rings (SSSR count). The summed E-state index contributed by atoms with van der Waals surface area (Å²) in [6, 6.07) is 4.13. The Morgan fingerprint density at radius 3 is 2.55 bits per heavy atom. The second-order valence-electron chi connectivity index (χ2n) is 5.61. The van der Waals surface area contributed by atoms with Crippen LogP contribution >= 0.6 is 0 Å². The minimum absolute atomic E-state index is 0.00635. The molecule has 0 saturated carbocycles. The number of sulfonamides is 1. The third kappa shape index (κ3) is 3.59. The van der Waals surface area contributed by atoms with Crippen LogP contribution in [0.15, 0.2) is 23.1 Å². The van der Waals surface area contributed by atoms with Crippen molar-refractivity contribution in [2.24, 2.45) is 0 Å². The largest absolute Gasteiger partial charge is 0.478 e. The summed E-state index contributed by atoms with van der Waals surface area (Å²) < 4.78 is 27.1. The molecule has 0 bridgehead atoms.